The van der Waals surface area contributed by atoms with E-state index in [1.54, 1.807) is 12.3 Å². The third-order valence-electron chi connectivity index (χ3n) is 2.78. The van der Waals surface area contributed by atoms with Gasteiger partial charge in [0.05, 0.1) is 11.9 Å². The number of benzene rings is 1. The molecular weight excluding hydrogens is 231 g/mol. The second-order valence-corrected chi connectivity index (χ2v) is 4.36. The van der Waals surface area contributed by atoms with Crippen LogP contribution in [0.5, 0.6) is 0 Å². The van der Waals surface area contributed by atoms with Gasteiger partial charge in [0, 0.05) is 0 Å². The average Bonchev–Trinajstić information content (AvgIpc) is 2.78. The zero-order chi connectivity index (χ0) is 13.0. The summed E-state index contributed by atoms with van der Waals surface area (Å²) < 4.78 is 15.2. The first-order valence-corrected chi connectivity index (χ1v) is 6.08. The fourth-order valence-electron chi connectivity index (χ4n) is 1.78. The second kappa shape index (κ2) is 5.73. The van der Waals surface area contributed by atoms with Crippen LogP contribution in [0, 0.1) is 12.7 Å². The standard InChI is InChI=1S/C13H17FN4/c1-10-5-6-13(12(14)8-10)18-9-11(16-17-18)4-2-3-7-15/h5-6,8-9H,2-4,7,15H2,1H3. The van der Waals surface area contributed by atoms with Crippen molar-refractivity contribution in [3.05, 3.63) is 41.5 Å². The number of nitrogens with zero attached hydrogens (tertiary/aromatic N) is 3. The van der Waals surface area contributed by atoms with Crippen molar-refractivity contribution in [2.24, 2.45) is 5.73 Å². The summed E-state index contributed by atoms with van der Waals surface area (Å²) in [5, 5.41) is 7.98. The lowest BCUT2D eigenvalue weighted by molar-refractivity contribution is 0.606. The van der Waals surface area contributed by atoms with Gasteiger partial charge in [0.15, 0.2) is 0 Å². The minimum atomic E-state index is -0.284. The lowest BCUT2D eigenvalue weighted by atomic mass is 10.2. The van der Waals surface area contributed by atoms with E-state index in [1.807, 2.05) is 13.0 Å². The Bertz CT molecular complexity index is 521. The second-order valence-electron chi connectivity index (χ2n) is 4.36. The molecule has 0 aliphatic rings. The molecule has 2 rings (SSSR count). The number of halogens is 1. The molecule has 18 heavy (non-hydrogen) atoms. The highest BCUT2D eigenvalue weighted by Gasteiger charge is 2.07. The van der Waals surface area contributed by atoms with Gasteiger partial charge >= 0.3 is 0 Å². The minimum Gasteiger partial charge on any atom is -0.330 e. The van der Waals surface area contributed by atoms with Crippen LogP contribution in [0.4, 0.5) is 4.39 Å². The molecule has 0 radical (unpaired) electrons. The van der Waals surface area contributed by atoms with Gasteiger partial charge in [0.1, 0.15) is 11.5 Å². The van der Waals surface area contributed by atoms with Crippen molar-refractivity contribution in [1.29, 1.82) is 0 Å². The molecule has 2 N–H and O–H groups in total. The third kappa shape index (κ3) is 2.92. The molecule has 1 heterocycles. The predicted octanol–water partition coefficient (Wildman–Crippen LogP) is 2.00. The Balaban J connectivity index is 2.13. The van der Waals surface area contributed by atoms with E-state index in [4.69, 9.17) is 5.73 Å². The topological polar surface area (TPSA) is 56.7 Å². The van der Waals surface area contributed by atoms with Crippen LogP contribution in [0.15, 0.2) is 24.4 Å². The molecule has 0 aliphatic carbocycles. The maximum absolute atomic E-state index is 13.7. The average molecular weight is 248 g/mol. The van der Waals surface area contributed by atoms with E-state index in [9.17, 15) is 4.39 Å². The van der Waals surface area contributed by atoms with Crippen LogP contribution < -0.4 is 5.73 Å². The quantitative estimate of drug-likeness (QED) is 0.823. The maximum Gasteiger partial charge on any atom is 0.149 e. The van der Waals surface area contributed by atoms with Crippen LogP contribution in [0.25, 0.3) is 5.69 Å². The van der Waals surface area contributed by atoms with Crippen molar-refractivity contribution in [2.75, 3.05) is 6.54 Å². The molecule has 0 unspecified atom stereocenters. The molecular formula is C13H17FN4. The summed E-state index contributed by atoms with van der Waals surface area (Å²) >= 11 is 0. The van der Waals surface area contributed by atoms with Crippen molar-refractivity contribution < 1.29 is 4.39 Å². The Labute approximate surface area is 106 Å². The Kier molecular flexibility index (Phi) is 4.04. The number of aryl methyl sites for hydroxylation is 2. The van der Waals surface area contributed by atoms with Crippen molar-refractivity contribution in [3.8, 4) is 5.69 Å². The van der Waals surface area contributed by atoms with E-state index < -0.39 is 0 Å². The van der Waals surface area contributed by atoms with Gasteiger partial charge in [0.25, 0.3) is 0 Å². The Morgan fingerprint density at radius 2 is 2.17 bits per heavy atom. The lowest BCUT2D eigenvalue weighted by Gasteiger charge is -2.02. The van der Waals surface area contributed by atoms with Crippen LogP contribution in [0.2, 0.25) is 0 Å². The number of unbranched alkanes of at least 4 members (excludes halogenated alkanes) is 1. The highest BCUT2D eigenvalue weighted by Crippen LogP contribution is 2.14. The van der Waals surface area contributed by atoms with Gasteiger partial charge in [-0.15, -0.1) is 5.10 Å². The summed E-state index contributed by atoms with van der Waals surface area (Å²) in [5.74, 6) is -0.284. The van der Waals surface area contributed by atoms with Gasteiger partial charge in [-0.3, -0.25) is 0 Å². The SMILES string of the molecule is Cc1ccc(-n2cc(CCCCN)nn2)c(F)c1. The highest BCUT2D eigenvalue weighted by atomic mass is 19.1. The van der Waals surface area contributed by atoms with E-state index in [0.717, 1.165) is 30.5 Å². The zero-order valence-corrected chi connectivity index (χ0v) is 10.4. The summed E-state index contributed by atoms with van der Waals surface area (Å²) in [7, 11) is 0. The lowest BCUT2D eigenvalue weighted by Crippen LogP contribution is -1.99. The van der Waals surface area contributed by atoms with Gasteiger partial charge < -0.3 is 5.73 Å². The largest absolute Gasteiger partial charge is 0.330 e. The van der Waals surface area contributed by atoms with Crippen molar-refractivity contribution in [2.45, 2.75) is 26.2 Å². The van der Waals surface area contributed by atoms with E-state index in [2.05, 4.69) is 10.3 Å². The summed E-state index contributed by atoms with van der Waals surface area (Å²) in [5.41, 5.74) is 7.61. The van der Waals surface area contributed by atoms with Crippen LogP contribution in [0.1, 0.15) is 24.1 Å². The van der Waals surface area contributed by atoms with E-state index in [0.29, 0.717) is 12.2 Å². The molecule has 4 nitrogen and oxygen atoms in total. The molecule has 5 heteroatoms. The third-order valence-corrected chi connectivity index (χ3v) is 2.78. The predicted molar refractivity (Wildman–Crippen MR) is 68.0 cm³/mol. The van der Waals surface area contributed by atoms with E-state index in [1.165, 1.54) is 10.7 Å². The molecule has 2 aromatic rings. The summed E-state index contributed by atoms with van der Waals surface area (Å²) in [6.07, 6.45) is 4.53. The van der Waals surface area contributed by atoms with Gasteiger partial charge in [-0.2, -0.15) is 0 Å². The van der Waals surface area contributed by atoms with Crippen LogP contribution >= 0.6 is 0 Å². The van der Waals surface area contributed by atoms with Crippen molar-refractivity contribution >= 4 is 0 Å². The van der Waals surface area contributed by atoms with Crippen molar-refractivity contribution in [3.63, 3.8) is 0 Å². The molecule has 0 spiro atoms. The molecule has 96 valence electrons. The molecule has 0 atom stereocenters. The van der Waals surface area contributed by atoms with Crippen LogP contribution in [-0.2, 0) is 6.42 Å². The van der Waals surface area contributed by atoms with Crippen LogP contribution in [-0.4, -0.2) is 21.5 Å². The van der Waals surface area contributed by atoms with E-state index >= 15 is 0 Å². The summed E-state index contributed by atoms with van der Waals surface area (Å²) in [6, 6.07) is 5.06. The molecule has 0 aliphatic heterocycles. The maximum atomic E-state index is 13.7. The van der Waals surface area contributed by atoms with Gasteiger partial charge in [-0.1, -0.05) is 11.3 Å². The summed E-state index contributed by atoms with van der Waals surface area (Å²) in [6.45, 7) is 2.53. The highest BCUT2D eigenvalue weighted by molar-refractivity contribution is 5.35. The molecule has 0 saturated heterocycles. The number of nitrogens with two attached hydrogens (primary N) is 1. The first-order chi connectivity index (χ1) is 8.70. The molecule has 0 fully saturated rings. The zero-order valence-electron chi connectivity index (χ0n) is 10.4. The minimum absolute atomic E-state index is 0.284. The molecule has 0 saturated carbocycles. The van der Waals surface area contributed by atoms with E-state index in [-0.39, 0.29) is 5.82 Å². The van der Waals surface area contributed by atoms with Gasteiger partial charge in [0.2, 0.25) is 0 Å². The Hall–Kier alpha value is -1.75. The Morgan fingerprint density at radius 3 is 2.89 bits per heavy atom. The van der Waals surface area contributed by atoms with Crippen molar-refractivity contribution in [1.82, 2.24) is 15.0 Å². The fourth-order valence-corrected chi connectivity index (χ4v) is 1.78. The molecule has 0 amide bonds. The van der Waals surface area contributed by atoms with Gasteiger partial charge in [-0.05, 0) is 50.4 Å². The monoisotopic (exact) mass is 248 g/mol. The number of rotatable bonds is 5. The number of hydrogen-bond donors (Lipinski definition) is 1. The molecule has 1 aromatic heterocycles. The number of aromatic nitrogens is 3. The van der Waals surface area contributed by atoms with Gasteiger partial charge in [-0.25, -0.2) is 9.07 Å². The van der Waals surface area contributed by atoms with Crippen LogP contribution in [0.3, 0.4) is 0 Å². The smallest absolute Gasteiger partial charge is 0.149 e. The first kappa shape index (κ1) is 12.7. The normalized spacial score (nSPS) is 10.8. The number of hydrogen-bond acceptors (Lipinski definition) is 3. The fraction of sp³-hybridized carbons (Fsp3) is 0.385. The first-order valence-electron chi connectivity index (χ1n) is 6.08. The molecule has 0 bridgehead atoms. The summed E-state index contributed by atoms with van der Waals surface area (Å²) in [4.78, 5) is 0. The Morgan fingerprint density at radius 1 is 1.33 bits per heavy atom. The molecule has 1 aromatic carbocycles.